The second kappa shape index (κ2) is 3.46. The first kappa shape index (κ1) is 8.89. The maximum Gasteiger partial charge on any atom is 0.110 e. The molecule has 0 saturated carbocycles. The minimum Gasteiger partial charge on any atom is -0.394 e. The van der Waals surface area contributed by atoms with Crippen molar-refractivity contribution in [1.82, 2.24) is 0 Å². The lowest BCUT2D eigenvalue weighted by molar-refractivity contribution is -0.156. The van der Waals surface area contributed by atoms with E-state index in [1.807, 2.05) is 0 Å². The monoisotopic (exact) mass is 163 g/mol. The lowest BCUT2D eigenvalue weighted by Gasteiger charge is -2.34. The molecule has 5 heteroatoms. The Morgan fingerprint density at radius 2 is 2.00 bits per heavy atom. The third kappa shape index (κ3) is 1.69. The molecule has 1 saturated heterocycles. The lowest BCUT2D eigenvalue weighted by atomic mass is 9.99. The molecule has 5 nitrogen and oxygen atoms in total. The van der Waals surface area contributed by atoms with Gasteiger partial charge in [-0.2, -0.15) is 0 Å². The van der Waals surface area contributed by atoms with Crippen molar-refractivity contribution in [3.63, 3.8) is 0 Å². The predicted octanol–water partition coefficient (Wildman–Crippen LogP) is -2.57. The molecule has 0 aromatic rings. The maximum atomic E-state index is 9.19. The van der Waals surface area contributed by atoms with Crippen LogP contribution in [0.3, 0.4) is 0 Å². The van der Waals surface area contributed by atoms with Crippen molar-refractivity contribution in [3.8, 4) is 0 Å². The van der Waals surface area contributed by atoms with E-state index in [0.717, 1.165) is 0 Å². The van der Waals surface area contributed by atoms with E-state index in [2.05, 4.69) is 0 Å². The molecule has 1 aliphatic heterocycles. The van der Waals surface area contributed by atoms with Gasteiger partial charge in [-0.1, -0.05) is 0 Å². The molecule has 0 radical (unpaired) electrons. The van der Waals surface area contributed by atoms with E-state index in [1.165, 1.54) is 0 Å². The first-order valence-corrected chi connectivity index (χ1v) is 3.51. The fourth-order valence-electron chi connectivity index (χ4n) is 1.07. The summed E-state index contributed by atoms with van der Waals surface area (Å²) in [5, 5.41) is 27.0. The topological polar surface area (TPSA) is 95.9 Å². The van der Waals surface area contributed by atoms with Crippen LogP contribution in [0.4, 0.5) is 0 Å². The van der Waals surface area contributed by atoms with Crippen molar-refractivity contribution in [1.29, 1.82) is 0 Å². The van der Waals surface area contributed by atoms with Gasteiger partial charge in [0.15, 0.2) is 0 Å². The Balaban J connectivity index is 2.52. The molecule has 4 atom stereocenters. The summed E-state index contributed by atoms with van der Waals surface area (Å²) in [5.74, 6) is 0. The molecule has 0 aliphatic carbocycles. The molecule has 11 heavy (non-hydrogen) atoms. The van der Waals surface area contributed by atoms with Gasteiger partial charge in [-0.15, -0.1) is 0 Å². The number of hydrogen-bond donors (Lipinski definition) is 4. The van der Waals surface area contributed by atoms with E-state index < -0.39 is 24.4 Å². The van der Waals surface area contributed by atoms with Gasteiger partial charge in [0.25, 0.3) is 0 Å². The summed E-state index contributed by atoms with van der Waals surface area (Å²) in [5.41, 5.74) is 5.37. The Morgan fingerprint density at radius 1 is 1.36 bits per heavy atom. The zero-order valence-corrected chi connectivity index (χ0v) is 6.05. The average molecular weight is 163 g/mol. The quantitative estimate of drug-likeness (QED) is 0.340. The SMILES string of the molecule is N[C@H]1COC(CO)C(O)C1O. The summed E-state index contributed by atoms with van der Waals surface area (Å²) < 4.78 is 4.94. The van der Waals surface area contributed by atoms with E-state index in [9.17, 15) is 10.2 Å². The van der Waals surface area contributed by atoms with Gasteiger partial charge < -0.3 is 25.8 Å². The molecule has 3 unspecified atom stereocenters. The molecular formula is C6H13NO4. The van der Waals surface area contributed by atoms with Crippen molar-refractivity contribution in [2.75, 3.05) is 13.2 Å². The molecule has 0 aromatic heterocycles. The number of hydrogen-bond acceptors (Lipinski definition) is 5. The van der Waals surface area contributed by atoms with Crippen molar-refractivity contribution in [2.24, 2.45) is 5.73 Å². The molecule has 0 bridgehead atoms. The van der Waals surface area contributed by atoms with E-state index in [0.29, 0.717) is 0 Å². The Bertz CT molecular complexity index is 130. The molecule has 5 N–H and O–H groups in total. The first-order valence-electron chi connectivity index (χ1n) is 3.51. The van der Waals surface area contributed by atoms with Crippen LogP contribution in [0.25, 0.3) is 0 Å². The van der Waals surface area contributed by atoms with Gasteiger partial charge in [-0.05, 0) is 0 Å². The minimum absolute atomic E-state index is 0.170. The third-order valence-corrected chi connectivity index (χ3v) is 1.85. The summed E-state index contributed by atoms with van der Waals surface area (Å²) in [6.45, 7) is -0.131. The highest BCUT2D eigenvalue weighted by molar-refractivity contribution is 4.88. The molecule has 0 amide bonds. The number of rotatable bonds is 1. The van der Waals surface area contributed by atoms with Gasteiger partial charge in [-0.3, -0.25) is 0 Å². The van der Waals surface area contributed by atoms with Crippen LogP contribution in [0.5, 0.6) is 0 Å². The number of ether oxygens (including phenoxy) is 1. The molecule has 1 rings (SSSR count). The van der Waals surface area contributed by atoms with Crippen molar-refractivity contribution in [3.05, 3.63) is 0 Å². The van der Waals surface area contributed by atoms with Crippen LogP contribution in [0.1, 0.15) is 0 Å². The van der Waals surface area contributed by atoms with E-state index in [4.69, 9.17) is 15.6 Å². The van der Waals surface area contributed by atoms with Crippen molar-refractivity contribution in [2.45, 2.75) is 24.4 Å². The molecule has 1 aliphatic rings. The summed E-state index contributed by atoms with van der Waals surface area (Å²) in [7, 11) is 0. The first-order chi connectivity index (χ1) is 5.16. The van der Waals surface area contributed by atoms with Crippen LogP contribution < -0.4 is 5.73 Å². The fourth-order valence-corrected chi connectivity index (χ4v) is 1.07. The summed E-state index contributed by atoms with van der Waals surface area (Å²) in [6.07, 6.45) is -2.78. The summed E-state index contributed by atoms with van der Waals surface area (Å²) in [6, 6.07) is -0.562. The van der Waals surface area contributed by atoms with Gasteiger partial charge in [0, 0.05) is 0 Å². The second-order valence-corrected chi connectivity index (χ2v) is 2.70. The predicted molar refractivity (Wildman–Crippen MR) is 36.8 cm³/mol. The number of nitrogens with two attached hydrogens (primary N) is 1. The van der Waals surface area contributed by atoms with Crippen molar-refractivity contribution < 1.29 is 20.1 Å². The normalized spacial score (nSPS) is 45.8. The molecule has 0 spiro atoms. The molecular weight excluding hydrogens is 150 g/mol. The largest absolute Gasteiger partial charge is 0.394 e. The van der Waals surface area contributed by atoms with Crippen LogP contribution in [0.2, 0.25) is 0 Å². The summed E-state index contributed by atoms with van der Waals surface area (Å²) >= 11 is 0. The smallest absolute Gasteiger partial charge is 0.110 e. The average Bonchev–Trinajstić information content (AvgIpc) is 2.01. The minimum atomic E-state index is -1.08. The number of aliphatic hydroxyl groups excluding tert-OH is 3. The van der Waals surface area contributed by atoms with E-state index >= 15 is 0 Å². The standard InChI is InChI=1S/C6H13NO4/c7-3-2-11-4(1-8)6(10)5(3)9/h3-6,8-10H,1-2,7H2/t3-,4?,5?,6?/m0/s1. The van der Waals surface area contributed by atoms with Gasteiger partial charge >= 0.3 is 0 Å². The Hall–Kier alpha value is -0.200. The van der Waals surface area contributed by atoms with Crippen molar-refractivity contribution >= 4 is 0 Å². The van der Waals surface area contributed by atoms with Crippen LogP contribution in [0, 0.1) is 0 Å². The maximum absolute atomic E-state index is 9.19. The van der Waals surface area contributed by atoms with Gasteiger partial charge in [0.1, 0.15) is 12.2 Å². The molecule has 66 valence electrons. The zero-order chi connectivity index (χ0) is 8.43. The number of aliphatic hydroxyl groups is 3. The summed E-state index contributed by atoms with van der Waals surface area (Å²) in [4.78, 5) is 0. The fraction of sp³-hybridized carbons (Fsp3) is 1.00. The van der Waals surface area contributed by atoms with E-state index in [1.54, 1.807) is 0 Å². The second-order valence-electron chi connectivity index (χ2n) is 2.70. The zero-order valence-electron chi connectivity index (χ0n) is 6.05. The van der Waals surface area contributed by atoms with Gasteiger partial charge in [-0.25, -0.2) is 0 Å². The van der Waals surface area contributed by atoms with Gasteiger partial charge in [0.05, 0.1) is 25.4 Å². The molecule has 1 heterocycles. The Kier molecular flexibility index (Phi) is 2.80. The van der Waals surface area contributed by atoms with Crippen LogP contribution in [0.15, 0.2) is 0 Å². The molecule has 1 fully saturated rings. The highest BCUT2D eigenvalue weighted by atomic mass is 16.5. The Morgan fingerprint density at radius 3 is 2.55 bits per heavy atom. The van der Waals surface area contributed by atoms with Gasteiger partial charge in [0.2, 0.25) is 0 Å². The lowest BCUT2D eigenvalue weighted by Crippen LogP contribution is -2.57. The van der Waals surface area contributed by atoms with Crippen LogP contribution in [-0.4, -0.2) is 52.9 Å². The Labute approximate surface area is 64.4 Å². The highest BCUT2D eigenvalue weighted by Crippen LogP contribution is 2.13. The molecule has 0 aromatic carbocycles. The van der Waals surface area contributed by atoms with Crippen LogP contribution >= 0.6 is 0 Å². The van der Waals surface area contributed by atoms with E-state index in [-0.39, 0.29) is 13.2 Å². The third-order valence-electron chi connectivity index (χ3n) is 1.85. The van der Waals surface area contributed by atoms with Crippen LogP contribution in [-0.2, 0) is 4.74 Å². The highest BCUT2D eigenvalue weighted by Gasteiger charge is 2.35.